The fourth-order valence-electron chi connectivity index (χ4n) is 2.24. The summed E-state index contributed by atoms with van der Waals surface area (Å²) in [5, 5.41) is 0.603. The van der Waals surface area contributed by atoms with Crippen LogP contribution in [-0.4, -0.2) is 19.5 Å². The summed E-state index contributed by atoms with van der Waals surface area (Å²) < 4.78 is 1.90. The molecule has 0 fully saturated rings. The maximum absolute atomic E-state index is 6.24. The highest BCUT2D eigenvalue weighted by Crippen LogP contribution is 2.27. The third-order valence-corrected chi connectivity index (χ3v) is 3.49. The van der Waals surface area contributed by atoms with Gasteiger partial charge in [-0.1, -0.05) is 11.6 Å². The molecule has 17 heavy (non-hydrogen) atoms. The normalized spacial score (nSPS) is 14.7. The molecule has 2 aromatic heterocycles. The third kappa shape index (κ3) is 1.82. The summed E-state index contributed by atoms with van der Waals surface area (Å²) in [5.41, 5.74) is 3.14. The van der Waals surface area contributed by atoms with E-state index in [1.807, 2.05) is 11.6 Å². The zero-order valence-electron chi connectivity index (χ0n) is 9.65. The van der Waals surface area contributed by atoms with Gasteiger partial charge < -0.3 is 4.57 Å². The fourth-order valence-corrected chi connectivity index (χ4v) is 2.52. The number of halogens is 1. The highest BCUT2D eigenvalue weighted by molar-refractivity contribution is 6.30. The molecule has 0 aromatic carbocycles. The number of imidazole rings is 1. The van der Waals surface area contributed by atoms with E-state index in [2.05, 4.69) is 15.0 Å². The van der Waals surface area contributed by atoms with Gasteiger partial charge in [-0.15, -0.1) is 0 Å². The van der Waals surface area contributed by atoms with Crippen LogP contribution >= 0.6 is 11.6 Å². The van der Waals surface area contributed by atoms with Crippen molar-refractivity contribution >= 4 is 11.6 Å². The first-order valence-electron chi connectivity index (χ1n) is 5.77. The van der Waals surface area contributed by atoms with Gasteiger partial charge in [-0.25, -0.2) is 15.0 Å². The summed E-state index contributed by atoms with van der Waals surface area (Å²) in [4.78, 5) is 13.1. The van der Waals surface area contributed by atoms with Crippen LogP contribution in [0.2, 0.25) is 5.15 Å². The quantitative estimate of drug-likeness (QED) is 0.728. The van der Waals surface area contributed by atoms with Crippen LogP contribution < -0.4 is 0 Å². The monoisotopic (exact) mass is 248 g/mol. The van der Waals surface area contributed by atoms with Gasteiger partial charge in [-0.05, 0) is 25.7 Å². The summed E-state index contributed by atoms with van der Waals surface area (Å²) in [6, 6.07) is 0. The molecule has 5 heteroatoms. The fraction of sp³-hybridized carbons (Fsp3) is 0.417. The Balaban J connectivity index is 2.14. The van der Waals surface area contributed by atoms with E-state index in [0.29, 0.717) is 11.0 Å². The molecule has 0 amide bonds. The lowest BCUT2D eigenvalue weighted by atomic mass is 9.97. The number of nitrogens with zero attached hydrogens (tertiary/aromatic N) is 4. The molecule has 2 heterocycles. The highest BCUT2D eigenvalue weighted by atomic mass is 35.5. The Morgan fingerprint density at radius 1 is 1.24 bits per heavy atom. The Morgan fingerprint density at radius 3 is 2.82 bits per heavy atom. The molecule has 4 nitrogen and oxygen atoms in total. The van der Waals surface area contributed by atoms with Crippen molar-refractivity contribution in [1.82, 2.24) is 19.5 Å². The van der Waals surface area contributed by atoms with Crippen molar-refractivity contribution in [3.05, 3.63) is 28.9 Å². The van der Waals surface area contributed by atoms with E-state index in [1.165, 1.54) is 12.8 Å². The maximum Gasteiger partial charge on any atom is 0.179 e. The Bertz CT molecular complexity index is 562. The van der Waals surface area contributed by atoms with Crippen LogP contribution in [0.15, 0.2) is 12.5 Å². The highest BCUT2D eigenvalue weighted by Gasteiger charge is 2.18. The first-order valence-corrected chi connectivity index (χ1v) is 6.15. The number of rotatable bonds is 1. The van der Waals surface area contributed by atoms with Crippen molar-refractivity contribution in [2.45, 2.75) is 25.7 Å². The van der Waals surface area contributed by atoms with Crippen LogP contribution in [0.5, 0.6) is 0 Å². The minimum Gasteiger partial charge on any atom is -0.331 e. The summed E-state index contributed by atoms with van der Waals surface area (Å²) in [6.45, 7) is 0. The molecule has 0 N–H and O–H groups in total. The average Bonchev–Trinajstić information content (AvgIpc) is 2.75. The lowest BCUT2D eigenvalue weighted by Crippen LogP contribution is -2.09. The van der Waals surface area contributed by atoms with Crippen LogP contribution in [0.3, 0.4) is 0 Å². The minimum absolute atomic E-state index is 0.603. The van der Waals surface area contributed by atoms with Gasteiger partial charge in [0.25, 0.3) is 0 Å². The van der Waals surface area contributed by atoms with Crippen LogP contribution in [0, 0.1) is 0 Å². The molecule has 0 saturated carbocycles. The number of hydrogen-bond donors (Lipinski definition) is 0. The van der Waals surface area contributed by atoms with E-state index >= 15 is 0 Å². The number of aromatic nitrogens is 4. The van der Waals surface area contributed by atoms with E-state index in [-0.39, 0.29) is 0 Å². The average molecular weight is 249 g/mol. The molecule has 2 aromatic rings. The SMILES string of the molecule is Cn1cncc1-c1nc(Cl)c2c(n1)CCCC2. The molecule has 1 aliphatic carbocycles. The van der Waals surface area contributed by atoms with Crippen molar-refractivity contribution in [2.75, 3.05) is 0 Å². The Labute approximate surface area is 105 Å². The molecule has 88 valence electrons. The Kier molecular flexibility index (Phi) is 2.59. The smallest absolute Gasteiger partial charge is 0.179 e. The topological polar surface area (TPSA) is 43.6 Å². The summed E-state index contributed by atoms with van der Waals surface area (Å²) in [5.74, 6) is 0.677. The Hall–Kier alpha value is -1.42. The summed E-state index contributed by atoms with van der Waals surface area (Å²) >= 11 is 6.24. The molecular formula is C12H13ClN4. The Morgan fingerprint density at radius 2 is 2.06 bits per heavy atom. The van der Waals surface area contributed by atoms with Gasteiger partial charge >= 0.3 is 0 Å². The molecule has 0 atom stereocenters. The van der Waals surface area contributed by atoms with Crippen LogP contribution in [-0.2, 0) is 19.9 Å². The summed E-state index contributed by atoms with van der Waals surface area (Å²) in [6.07, 6.45) is 7.88. The second-order valence-electron chi connectivity index (χ2n) is 4.36. The predicted octanol–water partition coefficient (Wildman–Crippen LogP) is 2.41. The zero-order chi connectivity index (χ0) is 11.8. The number of hydrogen-bond acceptors (Lipinski definition) is 3. The first kappa shape index (κ1) is 10.7. The lowest BCUT2D eigenvalue weighted by molar-refractivity contribution is 0.663. The second-order valence-corrected chi connectivity index (χ2v) is 4.72. The standard InChI is InChI=1S/C12H13ClN4/c1-17-7-14-6-10(17)12-15-9-5-3-2-4-8(9)11(13)16-12/h6-7H,2-5H2,1H3. The summed E-state index contributed by atoms with van der Waals surface area (Å²) in [7, 11) is 1.93. The molecule has 0 radical (unpaired) electrons. The first-order chi connectivity index (χ1) is 8.25. The molecule has 3 rings (SSSR count). The molecule has 0 spiro atoms. The maximum atomic E-state index is 6.24. The van der Waals surface area contributed by atoms with Crippen LogP contribution in [0.4, 0.5) is 0 Å². The molecule has 0 unspecified atom stereocenters. The zero-order valence-corrected chi connectivity index (χ0v) is 10.4. The molecule has 0 bridgehead atoms. The predicted molar refractivity (Wildman–Crippen MR) is 65.9 cm³/mol. The molecular weight excluding hydrogens is 236 g/mol. The van der Waals surface area contributed by atoms with Gasteiger partial charge in [0.15, 0.2) is 5.82 Å². The third-order valence-electron chi connectivity index (χ3n) is 3.18. The van der Waals surface area contributed by atoms with Crippen LogP contribution in [0.1, 0.15) is 24.1 Å². The van der Waals surface area contributed by atoms with E-state index < -0.39 is 0 Å². The van der Waals surface area contributed by atoms with Gasteiger partial charge in [0.05, 0.1) is 12.5 Å². The minimum atomic E-state index is 0.603. The number of fused-ring (bicyclic) bond motifs is 1. The van der Waals surface area contributed by atoms with Gasteiger partial charge in [0.1, 0.15) is 10.8 Å². The van der Waals surface area contributed by atoms with Crippen molar-refractivity contribution in [3.8, 4) is 11.5 Å². The molecule has 1 aliphatic rings. The van der Waals surface area contributed by atoms with Crippen LogP contribution in [0.25, 0.3) is 11.5 Å². The second kappa shape index (κ2) is 4.11. The van der Waals surface area contributed by atoms with E-state index in [0.717, 1.165) is 29.8 Å². The molecule has 0 saturated heterocycles. The van der Waals surface area contributed by atoms with Crippen molar-refractivity contribution < 1.29 is 0 Å². The lowest BCUT2D eigenvalue weighted by Gasteiger charge is -2.16. The van der Waals surface area contributed by atoms with Gasteiger partial charge in [0.2, 0.25) is 0 Å². The van der Waals surface area contributed by atoms with Crippen molar-refractivity contribution in [2.24, 2.45) is 7.05 Å². The molecule has 0 aliphatic heterocycles. The van der Waals surface area contributed by atoms with Gasteiger partial charge in [-0.3, -0.25) is 0 Å². The largest absolute Gasteiger partial charge is 0.331 e. The van der Waals surface area contributed by atoms with Gasteiger partial charge in [-0.2, -0.15) is 0 Å². The van der Waals surface area contributed by atoms with E-state index in [4.69, 9.17) is 11.6 Å². The van der Waals surface area contributed by atoms with E-state index in [9.17, 15) is 0 Å². The van der Waals surface area contributed by atoms with Crippen molar-refractivity contribution in [3.63, 3.8) is 0 Å². The van der Waals surface area contributed by atoms with E-state index in [1.54, 1.807) is 12.5 Å². The van der Waals surface area contributed by atoms with Crippen molar-refractivity contribution in [1.29, 1.82) is 0 Å². The number of aryl methyl sites for hydroxylation is 2. The van der Waals surface area contributed by atoms with Gasteiger partial charge in [0, 0.05) is 18.3 Å².